The molecular weight excluding hydrogens is 268 g/mol. The van der Waals surface area contributed by atoms with E-state index in [-0.39, 0.29) is 30.9 Å². The molecule has 2 N–H and O–H groups in total. The topological polar surface area (TPSA) is 75.4 Å². The fraction of sp³-hybridized carbons (Fsp3) is 0.500. The highest BCUT2D eigenvalue weighted by atomic mass is 16.5. The maximum absolute atomic E-state index is 12.2. The van der Waals surface area contributed by atoms with Gasteiger partial charge in [-0.3, -0.25) is 4.79 Å². The van der Waals surface area contributed by atoms with Crippen molar-refractivity contribution >= 4 is 16.9 Å². The van der Waals surface area contributed by atoms with Crippen LogP contribution in [0.3, 0.4) is 0 Å². The maximum atomic E-state index is 12.2. The number of nitrogens with zero attached hydrogens (tertiary/aromatic N) is 1. The van der Waals surface area contributed by atoms with Crippen LogP contribution in [0, 0.1) is 5.92 Å². The zero-order chi connectivity index (χ0) is 14.7. The first kappa shape index (κ1) is 14.1. The summed E-state index contributed by atoms with van der Waals surface area (Å²) in [5, 5.41) is 17.3. The SMILES string of the molecule is O=C(Cc1noc2ccccc12)NC1CCCCC1CO. The van der Waals surface area contributed by atoms with Crippen molar-refractivity contribution in [1.82, 2.24) is 10.5 Å². The molecule has 5 heteroatoms. The number of benzene rings is 1. The molecule has 1 aromatic carbocycles. The number of fused-ring (bicyclic) bond motifs is 1. The summed E-state index contributed by atoms with van der Waals surface area (Å²) in [5.74, 6) is 0.121. The summed E-state index contributed by atoms with van der Waals surface area (Å²) in [7, 11) is 0. The summed E-state index contributed by atoms with van der Waals surface area (Å²) in [6.07, 6.45) is 4.37. The van der Waals surface area contributed by atoms with E-state index in [9.17, 15) is 9.90 Å². The highest BCUT2D eigenvalue weighted by molar-refractivity contribution is 5.86. The predicted octanol–water partition coefficient (Wildman–Crippen LogP) is 2.04. The summed E-state index contributed by atoms with van der Waals surface area (Å²) in [4.78, 5) is 12.2. The van der Waals surface area contributed by atoms with Crippen molar-refractivity contribution in [2.75, 3.05) is 6.61 Å². The average molecular weight is 288 g/mol. The Morgan fingerprint density at radius 1 is 1.33 bits per heavy atom. The molecule has 21 heavy (non-hydrogen) atoms. The lowest BCUT2D eigenvalue weighted by atomic mass is 9.85. The van der Waals surface area contributed by atoms with Crippen LogP contribution in [-0.4, -0.2) is 28.8 Å². The molecule has 5 nitrogen and oxygen atoms in total. The second-order valence-electron chi connectivity index (χ2n) is 5.70. The van der Waals surface area contributed by atoms with E-state index >= 15 is 0 Å². The Morgan fingerprint density at radius 2 is 2.14 bits per heavy atom. The Morgan fingerprint density at radius 3 is 3.00 bits per heavy atom. The third-order valence-electron chi connectivity index (χ3n) is 4.27. The van der Waals surface area contributed by atoms with E-state index in [4.69, 9.17) is 4.52 Å². The Kier molecular flexibility index (Phi) is 4.20. The first-order chi connectivity index (χ1) is 10.3. The van der Waals surface area contributed by atoms with Gasteiger partial charge >= 0.3 is 0 Å². The number of hydrogen-bond donors (Lipinski definition) is 2. The zero-order valence-corrected chi connectivity index (χ0v) is 11.9. The van der Waals surface area contributed by atoms with Crippen LogP contribution in [0.1, 0.15) is 31.4 Å². The van der Waals surface area contributed by atoms with Gasteiger partial charge in [-0.15, -0.1) is 0 Å². The van der Waals surface area contributed by atoms with E-state index in [0.717, 1.165) is 31.1 Å². The molecule has 112 valence electrons. The minimum atomic E-state index is -0.0561. The molecule has 0 bridgehead atoms. The summed E-state index contributed by atoms with van der Waals surface area (Å²) < 4.78 is 5.21. The minimum Gasteiger partial charge on any atom is -0.396 e. The quantitative estimate of drug-likeness (QED) is 0.902. The van der Waals surface area contributed by atoms with Crippen molar-refractivity contribution in [3.05, 3.63) is 30.0 Å². The van der Waals surface area contributed by atoms with Gasteiger partial charge in [0.05, 0.1) is 6.42 Å². The number of carbonyl (C=O) groups excluding carboxylic acids is 1. The Hall–Kier alpha value is -1.88. The van der Waals surface area contributed by atoms with Crippen LogP contribution in [0.25, 0.3) is 11.0 Å². The van der Waals surface area contributed by atoms with E-state index in [1.807, 2.05) is 24.3 Å². The Bertz CT molecular complexity index is 623. The van der Waals surface area contributed by atoms with Gasteiger partial charge in [0.15, 0.2) is 5.58 Å². The van der Waals surface area contributed by atoms with Gasteiger partial charge in [-0.2, -0.15) is 0 Å². The summed E-state index contributed by atoms with van der Waals surface area (Å²) >= 11 is 0. The second kappa shape index (κ2) is 6.26. The van der Waals surface area contributed by atoms with Crippen LogP contribution in [0.4, 0.5) is 0 Å². The van der Waals surface area contributed by atoms with Crippen LogP contribution in [-0.2, 0) is 11.2 Å². The van der Waals surface area contributed by atoms with Crippen LogP contribution in [0.15, 0.2) is 28.8 Å². The molecule has 1 saturated carbocycles. The number of nitrogens with one attached hydrogen (secondary N) is 1. The number of aliphatic hydroxyl groups excluding tert-OH is 1. The highest BCUT2D eigenvalue weighted by Crippen LogP contribution is 2.24. The van der Waals surface area contributed by atoms with Gasteiger partial charge in [0.25, 0.3) is 0 Å². The van der Waals surface area contributed by atoms with E-state index < -0.39 is 0 Å². The highest BCUT2D eigenvalue weighted by Gasteiger charge is 2.26. The van der Waals surface area contributed by atoms with Crippen molar-refractivity contribution in [3.63, 3.8) is 0 Å². The van der Waals surface area contributed by atoms with Gasteiger partial charge in [-0.25, -0.2) is 0 Å². The number of para-hydroxylation sites is 1. The van der Waals surface area contributed by atoms with Gasteiger partial charge < -0.3 is 14.9 Å². The monoisotopic (exact) mass is 288 g/mol. The van der Waals surface area contributed by atoms with Crippen molar-refractivity contribution in [2.45, 2.75) is 38.1 Å². The van der Waals surface area contributed by atoms with Gasteiger partial charge in [-0.1, -0.05) is 30.1 Å². The fourth-order valence-electron chi connectivity index (χ4n) is 3.09. The van der Waals surface area contributed by atoms with Crippen LogP contribution in [0.5, 0.6) is 0 Å². The van der Waals surface area contributed by atoms with Gasteiger partial charge in [0, 0.05) is 24.0 Å². The van der Waals surface area contributed by atoms with Crippen molar-refractivity contribution < 1.29 is 14.4 Å². The largest absolute Gasteiger partial charge is 0.396 e. The third-order valence-corrected chi connectivity index (χ3v) is 4.27. The molecule has 1 fully saturated rings. The maximum Gasteiger partial charge on any atom is 0.226 e. The summed E-state index contributed by atoms with van der Waals surface area (Å²) in [6, 6.07) is 7.61. The lowest BCUT2D eigenvalue weighted by Gasteiger charge is -2.30. The average Bonchev–Trinajstić information content (AvgIpc) is 2.91. The van der Waals surface area contributed by atoms with Crippen LogP contribution < -0.4 is 5.32 Å². The van der Waals surface area contributed by atoms with Crippen LogP contribution in [0.2, 0.25) is 0 Å². The molecule has 3 rings (SSSR count). The molecule has 0 saturated heterocycles. The van der Waals surface area contributed by atoms with Crippen molar-refractivity contribution in [1.29, 1.82) is 0 Å². The second-order valence-corrected chi connectivity index (χ2v) is 5.70. The first-order valence-corrected chi connectivity index (χ1v) is 7.51. The smallest absolute Gasteiger partial charge is 0.226 e. The van der Waals surface area contributed by atoms with Gasteiger partial charge in [0.2, 0.25) is 5.91 Å². The molecular formula is C16H20N2O3. The predicted molar refractivity (Wildman–Crippen MR) is 78.7 cm³/mol. The normalized spacial score (nSPS) is 22.3. The third kappa shape index (κ3) is 3.08. The number of amides is 1. The van der Waals surface area contributed by atoms with E-state index in [1.54, 1.807) is 0 Å². The van der Waals surface area contributed by atoms with E-state index in [0.29, 0.717) is 11.3 Å². The Labute approximate surface area is 123 Å². The molecule has 0 spiro atoms. The minimum absolute atomic E-state index is 0.0561. The number of carbonyl (C=O) groups is 1. The molecule has 1 aliphatic rings. The standard InChI is InChI=1S/C16H20N2O3/c19-10-11-5-1-3-7-13(11)17-16(20)9-14-12-6-2-4-8-15(12)21-18-14/h2,4,6,8,11,13,19H,1,3,5,7,9-10H2,(H,17,20). The molecule has 2 unspecified atom stereocenters. The Balaban J connectivity index is 1.66. The van der Waals surface area contributed by atoms with E-state index in [1.165, 1.54) is 0 Å². The number of hydrogen-bond acceptors (Lipinski definition) is 4. The van der Waals surface area contributed by atoms with Crippen molar-refractivity contribution in [2.24, 2.45) is 5.92 Å². The molecule has 0 radical (unpaired) electrons. The first-order valence-electron chi connectivity index (χ1n) is 7.51. The zero-order valence-electron chi connectivity index (χ0n) is 11.9. The molecule has 1 aromatic heterocycles. The fourth-order valence-corrected chi connectivity index (χ4v) is 3.09. The number of aliphatic hydroxyl groups is 1. The molecule has 1 aliphatic carbocycles. The summed E-state index contributed by atoms with van der Waals surface area (Å²) in [5.41, 5.74) is 1.37. The molecule has 2 atom stereocenters. The molecule has 0 aliphatic heterocycles. The van der Waals surface area contributed by atoms with Gasteiger partial charge in [0.1, 0.15) is 5.69 Å². The molecule has 2 aromatic rings. The number of rotatable bonds is 4. The molecule has 1 amide bonds. The van der Waals surface area contributed by atoms with Gasteiger partial charge in [-0.05, 0) is 25.0 Å². The molecule has 1 heterocycles. The summed E-state index contributed by atoms with van der Waals surface area (Å²) in [6.45, 7) is 0.137. The van der Waals surface area contributed by atoms with E-state index in [2.05, 4.69) is 10.5 Å². The van der Waals surface area contributed by atoms with Crippen LogP contribution >= 0.6 is 0 Å². The lowest BCUT2D eigenvalue weighted by Crippen LogP contribution is -2.44. The number of aromatic nitrogens is 1. The lowest BCUT2D eigenvalue weighted by molar-refractivity contribution is -0.121. The van der Waals surface area contributed by atoms with Crippen molar-refractivity contribution in [3.8, 4) is 0 Å².